The highest BCUT2D eigenvalue weighted by Crippen LogP contribution is 2.38. The molecule has 1 atom stereocenters. The number of ether oxygens (including phenoxy) is 2. The quantitative estimate of drug-likeness (QED) is 0.120. The highest BCUT2D eigenvalue weighted by Gasteiger charge is 2.31. The number of para-hydroxylation sites is 1. The fraction of sp³-hybridized carbons (Fsp3) is 0.357. The fourth-order valence-corrected chi connectivity index (χ4v) is 8.18. The maximum Gasteiger partial charge on any atom is 0.355 e. The summed E-state index contributed by atoms with van der Waals surface area (Å²) in [6, 6.07) is 30.2. The first-order chi connectivity index (χ1) is 25.1. The Balaban J connectivity index is 1.13. The summed E-state index contributed by atoms with van der Waals surface area (Å²) in [6.45, 7) is 11.4. The van der Waals surface area contributed by atoms with E-state index in [1.165, 1.54) is 22.6 Å². The van der Waals surface area contributed by atoms with Crippen LogP contribution in [-0.2, 0) is 17.7 Å². The van der Waals surface area contributed by atoms with Crippen molar-refractivity contribution in [2.75, 3.05) is 62.3 Å². The molecule has 0 aliphatic carbocycles. The highest BCUT2D eigenvalue weighted by atomic mass is 16.5. The Hall–Kier alpha value is -4.99. The molecule has 0 amide bonds. The molecule has 3 aliphatic heterocycles. The summed E-state index contributed by atoms with van der Waals surface area (Å²) in [5.74, 6) is 0.631. The lowest BCUT2D eigenvalue weighted by Crippen LogP contribution is -2.43. The van der Waals surface area contributed by atoms with E-state index in [-0.39, 0.29) is 12.0 Å². The van der Waals surface area contributed by atoms with E-state index < -0.39 is 0 Å². The number of nitrogens with zero attached hydrogens (tertiary/aromatic N) is 3. The Morgan fingerprint density at radius 3 is 2.41 bits per heavy atom. The summed E-state index contributed by atoms with van der Waals surface area (Å²) >= 11 is 0. The van der Waals surface area contributed by atoms with Gasteiger partial charge in [0.25, 0.3) is 0 Å². The van der Waals surface area contributed by atoms with Crippen molar-refractivity contribution in [3.05, 3.63) is 107 Å². The molecule has 0 spiro atoms. The average molecular weight is 685 g/mol. The molecule has 9 nitrogen and oxygen atoms in total. The lowest BCUT2D eigenvalue weighted by molar-refractivity contribution is 0.0512. The second-order valence-corrected chi connectivity index (χ2v) is 13.7. The number of rotatable bonds is 9. The number of carbonyl (C=O) groups excluding carboxylic acids is 1. The Morgan fingerprint density at radius 2 is 1.59 bits per heavy atom. The van der Waals surface area contributed by atoms with Gasteiger partial charge in [0, 0.05) is 72.6 Å². The topological polar surface area (TPSA) is 83.0 Å². The summed E-state index contributed by atoms with van der Waals surface area (Å²) in [6.07, 6.45) is 2.35. The molecular weight excluding hydrogens is 637 g/mol. The van der Waals surface area contributed by atoms with Crippen molar-refractivity contribution in [3.8, 4) is 5.75 Å². The van der Waals surface area contributed by atoms with Crippen LogP contribution in [0.5, 0.6) is 5.75 Å². The number of benzene rings is 4. The first-order valence-corrected chi connectivity index (χ1v) is 18.6. The molecule has 4 aromatic carbocycles. The largest absolute Gasteiger partial charge is 0.493 e. The summed E-state index contributed by atoms with van der Waals surface area (Å²) in [5.41, 5.74) is 15.9. The van der Waals surface area contributed by atoms with E-state index in [0.717, 1.165) is 90.7 Å². The number of carbonyl (C=O) groups is 1. The molecule has 3 aliphatic rings. The van der Waals surface area contributed by atoms with Crippen molar-refractivity contribution in [3.63, 3.8) is 0 Å². The maximum atomic E-state index is 13.9. The van der Waals surface area contributed by atoms with Crippen LogP contribution in [0.1, 0.15) is 48.3 Å². The highest BCUT2D eigenvalue weighted by molar-refractivity contribution is 6.03. The molecule has 1 fully saturated rings. The standard InChI is InChI=1S/C42H48N6O3/c1-3-50-42(49)41-35(15-8-27-51-38-16-6-11-30-10-4-5-12-33(30)38)34-13-7-14-36-39-29(2)44-45-37(39)28-47(23-9-24-48(41)40(34)36)32-19-17-31(18-20-32)46-25-21-43-22-26-46/h4-7,10-14,16-20,29,43-45H,3,8-9,15,21-28H2,1-2H3. The number of aryl methyl sites for hydroxylation is 2. The van der Waals surface area contributed by atoms with Gasteiger partial charge in [-0.15, -0.1) is 0 Å². The maximum absolute atomic E-state index is 13.9. The van der Waals surface area contributed by atoms with Gasteiger partial charge >= 0.3 is 5.97 Å². The molecule has 264 valence electrons. The predicted molar refractivity (Wildman–Crippen MR) is 207 cm³/mol. The second-order valence-electron chi connectivity index (χ2n) is 13.7. The van der Waals surface area contributed by atoms with Crippen LogP contribution in [0.3, 0.4) is 0 Å². The molecule has 1 saturated heterocycles. The zero-order valence-electron chi connectivity index (χ0n) is 29.7. The van der Waals surface area contributed by atoms with Crippen LogP contribution in [0.4, 0.5) is 11.4 Å². The van der Waals surface area contributed by atoms with E-state index in [4.69, 9.17) is 9.47 Å². The van der Waals surface area contributed by atoms with Crippen molar-refractivity contribution in [2.24, 2.45) is 0 Å². The van der Waals surface area contributed by atoms with E-state index in [9.17, 15) is 4.79 Å². The molecule has 51 heavy (non-hydrogen) atoms. The van der Waals surface area contributed by atoms with Crippen molar-refractivity contribution >= 4 is 44.6 Å². The number of hydrazine groups is 1. The number of piperazine rings is 1. The Kier molecular flexibility index (Phi) is 9.56. The van der Waals surface area contributed by atoms with Crippen molar-refractivity contribution < 1.29 is 14.3 Å². The number of esters is 1. The predicted octanol–water partition coefficient (Wildman–Crippen LogP) is 6.51. The van der Waals surface area contributed by atoms with Crippen molar-refractivity contribution in [1.29, 1.82) is 0 Å². The van der Waals surface area contributed by atoms with Crippen molar-refractivity contribution in [1.82, 2.24) is 20.7 Å². The average Bonchev–Trinajstić information content (AvgIpc) is 3.70. The minimum Gasteiger partial charge on any atom is -0.493 e. The van der Waals surface area contributed by atoms with Crippen LogP contribution in [0.25, 0.3) is 27.2 Å². The van der Waals surface area contributed by atoms with Gasteiger partial charge in [0.05, 0.1) is 37.0 Å². The number of hydrogen-bond acceptors (Lipinski definition) is 8. The molecule has 5 aromatic rings. The lowest BCUT2D eigenvalue weighted by Gasteiger charge is -2.31. The van der Waals surface area contributed by atoms with Gasteiger partial charge in [-0.05, 0) is 74.4 Å². The first-order valence-electron chi connectivity index (χ1n) is 18.6. The molecule has 0 bridgehead atoms. The fourth-order valence-electron chi connectivity index (χ4n) is 8.18. The Labute approximate surface area is 300 Å². The van der Waals surface area contributed by atoms with Crippen molar-refractivity contribution in [2.45, 2.75) is 45.7 Å². The van der Waals surface area contributed by atoms with Gasteiger partial charge in [0.1, 0.15) is 11.4 Å². The van der Waals surface area contributed by atoms with Gasteiger partial charge in [-0.25, -0.2) is 10.2 Å². The molecule has 4 heterocycles. The molecule has 1 unspecified atom stereocenters. The molecule has 0 radical (unpaired) electrons. The van der Waals surface area contributed by atoms with Gasteiger partial charge in [0.2, 0.25) is 0 Å². The summed E-state index contributed by atoms with van der Waals surface area (Å²) < 4.78 is 14.4. The van der Waals surface area contributed by atoms with Crippen LogP contribution in [0, 0.1) is 0 Å². The van der Waals surface area contributed by atoms with Gasteiger partial charge in [0.15, 0.2) is 0 Å². The molecular formula is C42H48N6O3. The Morgan fingerprint density at radius 1 is 0.843 bits per heavy atom. The third-order valence-corrected chi connectivity index (χ3v) is 10.6. The van der Waals surface area contributed by atoms with Crippen LogP contribution < -0.4 is 30.7 Å². The van der Waals surface area contributed by atoms with E-state index in [2.05, 4.69) is 104 Å². The van der Waals surface area contributed by atoms with E-state index in [1.807, 2.05) is 25.1 Å². The van der Waals surface area contributed by atoms with Crippen LogP contribution in [0.2, 0.25) is 0 Å². The van der Waals surface area contributed by atoms with E-state index in [1.54, 1.807) is 0 Å². The third-order valence-electron chi connectivity index (χ3n) is 10.6. The van der Waals surface area contributed by atoms with Gasteiger partial charge in [-0.1, -0.05) is 54.6 Å². The van der Waals surface area contributed by atoms with Gasteiger partial charge < -0.3 is 34.6 Å². The minimum atomic E-state index is -0.257. The van der Waals surface area contributed by atoms with E-state index in [0.29, 0.717) is 31.9 Å². The molecule has 8 rings (SSSR count). The van der Waals surface area contributed by atoms with Crippen LogP contribution in [0.15, 0.2) is 90.6 Å². The number of hydrogen-bond donors (Lipinski definition) is 3. The number of fused-ring (bicyclic) bond motifs is 2. The zero-order valence-corrected chi connectivity index (χ0v) is 29.7. The second kappa shape index (κ2) is 14.7. The SMILES string of the molecule is CCOC(=O)c1c(CCCOc2cccc3ccccc23)c2cccc3c2n1CCCN(c1ccc(N2CCNCC2)cc1)CC1=C3C(C)NN1. The molecule has 1 aromatic heterocycles. The van der Waals surface area contributed by atoms with Gasteiger partial charge in [-0.2, -0.15) is 0 Å². The molecule has 0 saturated carbocycles. The molecule has 9 heteroatoms. The van der Waals surface area contributed by atoms with Crippen LogP contribution >= 0.6 is 0 Å². The summed E-state index contributed by atoms with van der Waals surface area (Å²) in [5, 5.41) is 6.84. The monoisotopic (exact) mass is 684 g/mol. The summed E-state index contributed by atoms with van der Waals surface area (Å²) in [7, 11) is 0. The smallest absolute Gasteiger partial charge is 0.355 e. The normalized spacial score (nSPS) is 17.8. The number of aromatic nitrogens is 1. The number of anilines is 2. The first kappa shape index (κ1) is 33.2. The Bertz CT molecular complexity index is 2060. The number of nitrogens with one attached hydrogen (secondary N) is 3. The third kappa shape index (κ3) is 6.52. The molecule has 3 N–H and O–H groups in total. The summed E-state index contributed by atoms with van der Waals surface area (Å²) in [4.78, 5) is 18.8. The van der Waals surface area contributed by atoms with E-state index >= 15 is 0 Å². The minimum absolute atomic E-state index is 0.0916. The lowest BCUT2D eigenvalue weighted by atomic mass is 9.95. The van der Waals surface area contributed by atoms with Gasteiger partial charge in [-0.3, -0.25) is 0 Å². The van der Waals surface area contributed by atoms with Crippen LogP contribution in [-0.4, -0.2) is 69.1 Å². The zero-order chi connectivity index (χ0) is 34.7.